The molecule has 2 rings (SSSR count). The summed E-state index contributed by atoms with van der Waals surface area (Å²) in [5, 5.41) is 18.6. The summed E-state index contributed by atoms with van der Waals surface area (Å²) in [5.41, 5.74) is -0.685. The van der Waals surface area contributed by atoms with Gasteiger partial charge in [-0.05, 0) is 83.5 Å². The van der Waals surface area contributed by atoms with Crippen molar-refractivity contribution in [3.05, 3.63) is 13.2 Å². The van der Waals surface area contributed by atoms with Crippen LogP contribution in [0.1, 0.15) is 98.3 Å². The van der Waals surface area contributed by atoms with Crippen LogP contribution in [-0.4, -0.2) is 47.2 Å². The molecule has 176 valence electrons. The van der Waals surface area contributed by atoms with E-state index in [2.05, 4.69) is 27.0 Å². The molecule has 0 amide bonds. The number of rotatable bonds is 12. The fraction of sp³-hybridized carbons (Fsp3) is 0.880. The first-order chi connectivity index (χ1) is 14.1. The minimum atomic E-state index is -0.743. The Morgan fingerprint density at radius 2 is 1.30 bits per heavy atom. The summed E-state index contributed by atoms with van der Waals surface area (Å²) >= 11 is 0. The van der Waals surface area contributed by atoms with E-state index in [1.807, 2.05) is 0 Å². The van der Waals surface area contributed by atoms with Gasteiger partial charge in [0.2, 0.25) is 0 Å². The Hall–Kier alpha value is -0.910. The van der Waals surface area contributed by atoms with Crippen LogP contribution in [0, 0.1) is 10.8 Å². The topological polar surface area (TPSA) is 76.0 Å². The first-order valence-electron chi connectivity index (χ1n) is 11.8. The molecule has 0 aliphatic carbocycles. The van der Waals surface area contributed by atoms with E-state index >= 15 is 0 Å². The lowest BCUT2D eigenvalue weighted by atomic mass is 9.86. The van der Waals surface area contributed by atoms with E-state index in [0.29, 0.717) is 18.6 Å². The van der Waals surface area contributed by atoms with Crippen LogP contribution in [0.5, 0.6) is 0 Å². The molecule has 2 aliphatic rings. The Morgan fingerprint density at radius 1 is 0.867 bits per heavy atom. The number of aliphatic carboxylic acids is 1. The van der Waals surface area contributed by atoms with Crippen molar-refractivity contribution in [1.82, 2.24) is 0 Å². The minimum absolute atomic E-state index is 0.0246. The van der Waals surface area contributed by atoms with Crippen LogP contribution in [0.3, 0.4) is 0 Å². The van der Waals surface area contributed by atoms with Crippen molar-refractivity contribution in [2.24, 2.45) is 10.8 Å². The van der Waals surface area contributed by atoms with Crippen LogP contribution in [0.25, 0.3) is 0 Å². The van der Waals surface area contributed by atoms with E-state index in [-0.39, 0.29) is 24.2 Å². The van der Waals surface area contributed by atoms with E-state index in [4.69, 9.17) is 9.47 Å². The maximum absolute atomic E-state index is 11.3. The SMILES string of the molecule is C=C.CC(C)(CO)CCCC1CCC(CCCC2CCC(CC(C)(C)C(=O)O)O2)O1. The van der Waals surface area contributed by atoms with Crippen molar-refractivity contribution in [2.75, 3.05) is 6.61 Å². The van der Waals surface area contributed by atoms with E-state index < -0.39 is 11.4 Å². The zero-order chi connectivity index (χ0) is 22.8. The zero-order valence-corrected chi connectivity index (χ0v) is 19.8. The van der Waals surface area contributed by atoms with Crippen molar-refractivity contribution in [3.63, 3.8) is 0 Å². The smallest absolute Gasteiger partial charge is 0.309 e. The Labute approximate surface area is 184 Å². The number of hydrogen-bond acceptors (Lipinski definition) is 4. The summed E-state index contributed by atoms with van der Waals surface area (Å²) < 4.78 is 12.3. The van der Waals surface area contributed by atoms with Gasteiger partial charge in [0, 0.05) is 6.61 Å². The molecule has 0 radical (unpaired) electrons. The highest BCUT2D eigenvalue weighted by molar-refractivity contribution is 5.73. The van der Waals surface area contributed by atoms with Gasteiger partial charge < -0.3 is 19.7 Å². The van der Waals surface area contributed by atoms with Gasteiger partial charge in [-0.3, -0.25) is 4.79 Å². The predicted molar refractivity (Wildman–Crippen MR) is 122 cm³/mol. The molecule has 5 nitrogen and oxygen atoms in total. The molecular weight excluding hydrogens is 380 g/mol. The Morgan fingerprint density at radius 3 is 1.77 bits per heavy atom. The molecule has 4 atom stereocenters. The monoisotopic (exact) mass is 426 g/mol. The number of carboxylic acid groups (broad SMARTS) is 1. The third-order valence-corrected chi connectivity index (χ3v) is 6.57. The highest BCUT2D eigenvalue weighted by atomic mass is 16.5. The van der Waals surface area contributed by atoms with Crippen molar-refractivity contribution in [1.29, 1.82) is 0 Å². The van der Waals surface area contributed by atoms with Crippen molar-refractivity contribution in [3.8, 4) is 0 Å². The second-order valence-corrected chi connectivity index (χ2v) is 10.5. The fourth-order valence-corrected chi connectivity index (χ4v) is 4.46. The average molecular weight is 427 g/mol. The molecule has 0 saturated carbocycles. The molecular formula is C25H46O5. The molecule has 4 unspecified atom stereocenters. The second-order valence-electron chi connectivity index (χ2n) is 10.5. The molecule has 0 aromatic rings. The number of aliphatic hydroxyl groups is 1. The van der Waals surface area contributed by atoms with E-state index in [1.54, 1.807) is 13.8 Å². The Bertz CT molecular complexity index is 502. The summed E-state index contributed by atoms with van der Waals surface area (Å²) in [4.78, 5) is 11.3. The molecule has 2 aliphatic heterocycles. The molecule has 0 bridgehead atoms. The lowest BCUT2D eigenvalue weighted by molar-refractivity contribution is -0.149. The number of carboxylic acids is 1. The Balaban J connectivity index is 0.00000218. The normalized spacial score (nSPS) is 27.0. The molecule has 0 aromatic carbocycles. The third-order valence-electron chi connectivity index (χ3n) is 6.57. The molecule has 2 saturated heterocycles. The predicted octanol–water partition coefficient (Wildman–Crippen LogP) is 5.74. The molecule has 2 fully saturated rings. The van der Waals surface area contributed by atoms with E-state index in [9.17, 15) is 15.0 Å². The first-order valence-corrected chi connectivity index (χ1v) is 11.8. The molecule has 0 spiro atoms. The van der Waals surface area contributed by atoms with Gasteiger partial charge in [-0.25, -0.2) is 0 Å². The van der Waals surface area contributed by atoms with Gasteiger partial charge in [-0.15, -0.1) is 13.2 Å². The lowest BCUT2D eigenvalue weighted by Gasteiger charge is -2.23. The molecule has 2 heterocycles. The highest BCUT2D eigenvalue weighted by Gasteiger charge is 2.35. The number of aliphatic hydroxyl groups excluding tert-OH is 1. The zero-order valence-electron chi connectivity index (χ0n) is 19.8. The van der Waals surface area contributed by atoms with Crippen molar-refractivity contribution in [2.45, 2.75) is 123 Å². The minimum Gasteiger partial charge on any atom is -0.481 e. The van der Waals surface area contributed by atoms with Crippen LogP contribution >= 0.6 is 0 Å². The van der Waals surface area contributed by atoms with Gasteiger partial charge in [-0.2, -0.15) is 0 Å². The van der Waals surface area contributed by atoms with Crippen LogP contribution in [0.2, 0.25) is 0 Å². The van der Waals surface area contributed by atoms with Crippen LogP contribution in [0.15, 0.2) is 13.2 Å². The number of ether oxygens (including phenoxy) is 2. The first kappa shape index (κ1) is 27.1. The molecule has 30 heavy (non-hydrogen) atoms. The van der Waals surface area contributed by atoms with Gasteiger partial charge in [0.05, 0.1) is 29.8 Å². The largest absolute Gasteiger partial charge is 0.481 e. The average Bonchev–Trinajstić information content (AvgIpc) is 3.32. The Kier molecular flexibility index (Phi) is 11.6. The second kappa shape index (κ2) is 12.8. The third kappa shape index (κ3) is 9.49. The van der Waals surface area contributed by atoms with Gasteiger partial charge in [0.15, 0.2) is 0 Å². The highest BCUT2D eigenvalue weighted by Crippen LogP contribution is 2.34. The summed E-state index contributed by atoms with van der Waals surface area (Å²) in [6.07, 6.45) is 12.7. The number of hydrogen-bond donors (Lipinski definition) is 2. The van der Waals surface area contributed by atoms with Gasteiger partial charge >= 0.3 is 5.97 Å². The summed E-state index contributed by atoms with van der Waals surface area (Å²) in [6, 6.07) is 0. The molecule has 2 N–H and O–H groups in total. The lowest BCUT2D eigenvalue weighted by Crippen LogP contribution is -2.29. The summed E-state index contributed by atoms with van der Waals surface area (Å²) in [7, 11) is 0. The van der Waals surface area contributed by atoms with Gasteiger partial charge in [-0.1, -0.05) is 20.3 Å². The van der Waals surface area contributed by atoms with Crippen molar-refractivity contribution < 1.29 is 24.5 Å². The fourth-order valence-electron chi connectivity index (χ4n) is 4.46. The molecule has 5 heteroatoms. The van der Waals surface area contributed by atoms with Crippen LogP contribution < -0.4 is 0 Å². The van der Waals surface area contributed by atoms with Crippen LogP contribution in [0.4, 0.5) is 0 Å². The number of carbonyl (C=O) groups is 1. The molecule has 0 aromatic heterocycles. The maximum atomic E-state index is 11.3. The van der Waals surface area contributed by atoms with Gasteiger partial charge in [0.1, 0.15) is 0 Å². The maximum Gasteiger partial charge on any atom is 0.309 e. The van der Waals surface area contributed by atoms with E-state index in [1.165, 1.54) is 0 Å². The quantitative estimate of drug-likeness (QED) is 0.389. The van der Waals surface area contributed by atoms with E-state index in [0.717, 1.165) is 64.2 Å². The summed E-state index contributed by atoms with van der Waals surface area (Å²) in [5.74, 6) is -0.743. The van der Waals surface area contributed by atoms with Crippen molar-refractivity contribution >= 4 is 5.97 Å². The van der Waals surface area contributed by atoms with Gasteiger partial charge in [0.25, 0.3) is 0 Å². The summed E-state index contributed by atoms with van der Waals surface area (Å²) in [6.45, 7) is 14.0. The standard InChI is InChI=1S/C23H42O5.C2H4/c1-22(2,16-24)14-6-9-19-11-10-17(27-19)7-5-8-18-12-13-20(28-18)15-23(3,4)21(25)26;1-2/h17-20,24H,5-16H2,1-4H3,(H,25,26);1-2H2. The van der Waals surface area contributed by atoms with Crippen LogP contribution in [-0.2, 0) is 14.3 Å².